The van der Waals surface area contributed by atoms with Crippen LogP contribution >= 0.6 is 0 Å². The number of ketones is 1. The van der Waals surface area contributed by atoms with Crippen molar-refractivity contribution in [2.75, 3.05) is 7.05 Å². The smallest absolute Gasteiger partial charge is 0.183 e. The van der Waals surface area contributed by atoms with E-state index in [0.29, 0.717) is 18.2 Å². The number of hydrogen-bond donors (Lipinski definition) is 1. The Kier molecular flexibility index (Phi) is 1.65. The van der Waals surface area contributed by atoms with Crippen LogP contribution in [0, 0.1) is 0 Å². The van der Waals surface area contributed by atoms with E-state index in [9.17, 15) is 4.79 Å². The molecule has 0 radical (unpaired) electrons. The van der Waals surface area contributed by atoms with E-state index < -0.39 is 0 Å². The summed E-state index contributed by atoms with van der Waals surface area (Å²) in [6, 6.07) is 0.453. The maximum absolute atomic E-state index is 11.3. The molecule has 4 nitrogen and oxygen atoms in total. The van der Waals surface area contributed by atoms with Gasteiger partial charge in [-0.2, -0.15) is 0 Å². The molecule has 2 unspecified atom stereocenters. The largest absolute Gasteiger partial charge is 0.410 e. The van der Waals surface area contributed by atoms with E-state index >= 15 is 0 Å². The van der Waals surface area contributed by atoms with Gasteiger partial charge in [0.2, 0.25) is 0 Å². The fourth-order valence-electron chi connectivity index (χ4n) is 2.21. The first kappa shape index (κ1) is 7.73. The van der Waals surface area contributed by atoms with E-state index in [1.54, 1.807) is 0 Å². The van der Waals surface area contributed by atoms with E-state index in [1.165, 1.54) is 0 Å². The summed E-state index contributed by atoms with van der Waals surface area (Å²) in [5.41, 5.74) is 0.353. The number of hydrogen-bond acceptors (Lipinski definition) is 4. The van der Waals surface area contributed by atoms with Gasteiger partial charge in [0.05, 0.1) is 6.04 Å². The highest BCUT2D eigenvalue weighted by Gasteiger charge is 2.42. The number of piperidine rings is 1. The van der Waals surface area contributed by atoms with Crippen LogP contribution in [0.4, 0.5) is 0 Å². The van der Waals surface area contributed by atoms with Gasteiger partial charge in [-0.15, -0.1) is 0 Å². The summed E-state index contributed by atoms with van der Waals surface area (Å²) < 4.78 is 0. The van der Waals surface area contributed by atoms with E-state index in [1.807, 2.05) is 7.05 Å². The topological polar surface area (TPSA) is 52.9 Å². The molecule has 2 bridgehead atoms. The standard InChI is InChI=1S/C8H12N2O2/c1-10-5-2-3-6(10)8(9-12)7(11)4-5/h5-6,12H,2-4H2,1H3. The summed E-state index contributed by atoms with van der Waals surface area (Å²) in [6.07, 6.45) is 2.52. The number of rotatable bonds is 0. The van der Waals surface area contributed by atoms with Crippen molar-refractivity contribution < 1.29 is 10.0 Å². The van der Waals surface area contributed by atoms with Crippen LogP contribution in [0.3, 0.4) is 0 Å². The fraction of sp³-hybridized carbons (Fsp3) is 0.750. The van der Waals surface area contributed by atoms with Crippen molar-refractivity contribution >= 4 is 11.5 Å². The number of carbonyl (C=O) groups is 1. The van der Waals surface area contributed by atoms with E-state index in [-0.39, 0.29) is 11.8 Å². The lowest BCUT2D eigenvalue weighted by Crippen LogP contribution is -2.47. The molecule has 2 saturated heterocycles. The van der Waals surface area contributed by atoms with Crippen molar-refractivity contribution in [3.8, 4) is 0 Å². The number of carbonyl (C=O) groups excluding carboxylic acids is 1. The summed E-state index contributed by atoms with van der Waals surface area (Å²) in [7, 11) is 1.99. The first-order chi connectivity index (χ1) is 5.74. The van der Waals surface area contributed by atoms with Gasteiger partial charge in [-0.25, -0.2) is 0 Å². The van der Waals surface area contributed by atoms with Crippen molar-refractivity contribution in [2.24, 2.45) is 5.16 Å². The zero-order chi connectivity index (χ0) is 8.72. The first-order valence-electron chi connectivity index (χ1n) is 4.21. The number of nitrogens with zero attached hydrogens (tertiary/aromatic N) is 2. The quantitative estimate of drug-likeness (QED) is 0.416. The average molecular weight is 168 g/mol. The molecule has 4 heteroatoms. The minimum atomic E-state index is 0.0168. The minimum absolute atomic E-state index is 0.0168. The molecular weight excluding hydrogens is 156 g/mol. The first-order valence-corrected chi connectivity index (χ1v) is 4.21. The normalized spacial score (nSPS) is 39.4. The highest BCUT2D eigenvalue weighted by molar-refractivity contribution is 6.42. The third-order valence-corrected chi connectivity index (χ3v) is 2.97. The summed E-state index contributed by atoms with van der Waals surface area (Å²) in [6.45, 7) is 0. The molecule has 2 aliphatic rings. The van der Waals surface area contributed by atoms with E-state index in [2.05, 4.69) is 10.1 Å². The van der Waals surface area contributed by atoms with Crippen molar-refractivity contribution in [1.82, 2.24) is 4.90 Å². The predicted molar refractivity (Wildman–Crippen MR) is 43.4 cm³/mol. The molecule has 0 amide bonds. The maximum atomic E-state index is 11.3. The summed E-state index contributed by atoms with van der Waals surface area (Å²) in [5, 5.41) is 11.7. The second-order valence-corrected chi connectivity index (χ2v) is 3.52. The SMILES string of the molecule is CN1C2CCC1C(=NO)C(=O)C2. The van der Waals surface area contributed by atoms with Crippen molar-refractivity contribution in [1.29, 1.82) is 0 Å². The van der Waals surface area contributed by atoms with Gasteiger partial charge in [0, 0.05) is 12.5 Å². The molecule has 1 N–H and O–H groups in total. The zero-order valence-corrected chi connectivity index (χ0v) is 7.03. The van der Waals surface area contributed by atoms with Gasteiger partial charge in [0.15, 0.2) is 5.78 Å². The average Bonchev–Trinajstić information content (AvgIpc) is 2.34. The van der Waals surface area contributed by atoms with Crippen LogP contribution in [0.2, 0.25) is 0 Å². The Morgan fingerprint density at radius 1 is 1.58 bits per heavy atom. The lowest BCUT2D eigenvalue weighted by atomic mass is 10.0. The summed E-state index contributed by atoms with van der Waals surface area (Å²) in [4.78, 5) is 13.4. The fourth-order valence-corrected chi connectivity index (χ4v) is 2.21. The molecule has 12 heavy (non-hydrogen) atoms. The van der Waals surface area contributed by atoms with Gasteiger partial charge >= 0.3 is 0 Å². The molecule has 0 aromatic rings. The zero-order valence-electron chi connectivity index (χ0n) is 7.03. The molecule has 0 aliphatic carbocycles. The maximum Gasteiger partial charge on any atom is 0.183 e. The molecular formula is C8H12N2O2. The molecule has 66 valence electrons. The molecule has 0 aromatic carbocycles. The number of oxime groups is 1. The monoisotopic (exact) mass is 168 g/mol. The van der Waals surface area contributed by atoms with Crippen LogP contribution in [-0.4, -0.2) is 40.7 Å². The molecule has 0 spiro atoms. The van der Waals surface area contributed by atoms with Crippen LogP contribution in [0.25, 0.3) is 0 Å². The van der Waals surface area contributed by atoms with Gasteiger partial charge in [-0.05, 0) is 19.9 Å². The van der Waals surface area contributed by atoms with Crippen molar-refractivity contribution in [2.45, 2.75) is 31.3 Å². The summed E-state index contributed by atoms with van der Waals surface area (Å²) >= 11 is 0. The Morgan fingerprint density at radius 3 is 3.00 bits per heavy atom. The van der Waals surface area contributed by atoms with E-state index in [4.69, 9.17) is 5.21 Å². The van der Waals surface area contributed by atoms with Gasteiger partial charge in [-0.3, -0.25) is 9.69 Å². The lowest BCUT2D eigenvalue weighted by Gasteiger charge is -2.30. The van der Waals surface area contributed by atoms with Crippen LogP contribution in [0.5, 0.6) is 0 Å². The third kappa shape index (κ3) is 0.876. The van der Waals surface area contributed by atoms with Crippen LogP contribution in [0.15, 0.2) is 5.16 Å². The molecule has 2 fully saturated rings. The Morgan fingerprint density at radius 2 is 2.33 bits per heavy atom. The highest BCUT2D eigenvalue weighted by atomic mass is 16.4. The number of fused-ring (bicyclic) bond motifs is 2. The van der Waals surface area contributed by atoms with Crippen molar-refractivity contribution in [3.63, 3.8) is 0 Å². The minimum Gasteiger partial charge on any atom is -0.410 e. The van der Waals surface area contributed by atoms with E-state index in [0.717, 1.165) is 12.8 Å². The lowest BCUT2D eigenvalue weighted by molar-refractivity contribution is -0.115. The molecule has 2 atom stereocenters. The van der Waals surface area contributed by atoms with Gasteiger partial charge in [-0.1, -0.05) is 5.16 Å². The van der Waals surface area contributed by atoms with Gasteiger partial charge < -0.3 is 5.21 Å². The van der Waals surface area contributed by atoms with Crippen LogP contribution < -0.4 is 0 Å². The molecule has 0 saturated carbocycles. The van der Waals surface area contributed by atoms with Crippen molar-refractivity contribution in [3.05, 3.63) is 0 Å². The second-order valence-electron chi connectivity index (χ2n) is 3.52. The Balaban J connectivity index is 2.32. The Labute approximate surface area is 70.8 Å². The third-order valence-electron chi connectivity index (χ3n) is 2.97. The molecule has 2 aliphatic heterocycles. The van der Waals surface area contributed by atoms with Gasteiger partial charge in [0.25, 0.3) is 0 Å². The highest BCUT2D eigenvalue weighted by Crippen LogP contribution is 2.30. The Hall–Kier alpha value is -0.900. The second kappa shape index (κ2) is 2.55. The Bertz CT molecular complexity index is 249. The molecule has 2 rings (SSSR count). The van der Waals surface area contributed by atoms with Crippen LogP contribution in [0.1, 0.15) is 19.3 Å². The predicted octanol–water partition coefficient (Wildman–Crippen LogP) is 0.252. The molecule has 0 aromatic heterocycles. The summed E-state index contributed by atoms with van der Waals surface area (Å²) in [5.74, 6) is 0.0168. The molecule has 2 heterocycles. The van der Waals surface area contributed by atoms with Gasteiger partial charge in [0.1, 0.15) is 5.71 Å². The van der Waals surface area contributed by atoms with Crippen LogP contribution in [-0.2, 0) is 4.79 Å². The number of Topliss-reactive ketones (excluding diaryl/α,β-unsaturated/α-hetero) is 1.